The highest BCUT2D eigenvalue weighted by Crippen LogP contribution is 2.24. The number of rotatable bonds is 5. The number of nitrogens with zero attached hydrogens (tertiary/aromatic N) is 3. The number of carbonyl (C=O) groups is 1. The maximum Gasteiger partial charge on any atom is 0.220 e. The van der Waals surface area contributed by atoms with Gasteiger partial charge < -0.3 is 10.2 Å². The number of benzene rings is 1. The number of amides is 1. The van der Waals surface area contributed by atoms with Crippen molar-refractivity contribution in [1.29, 1.82) is 0 Å². The number of piperidine rings is 1. The molecule has 1 aromatic heterocycles. The number of hydrogen-bond acceptors (Lipinski definition) is 4. The molecule has 1 saturated heterocycles. The fourth-order valence-electron chi connectivity index (χ4n) is 3.14. The van der Waals surface area contributed by atoms with E-state index in [-0.39, 0.29) is 17.8 Å². The van der Waals surface area contributed by atoms with E-state index in [4.69, 9.17) is 0 Å². The number of aromatic nitrogens is 2. The van der Waals surface area contributed by atoms with Crippen molar-refractivity contribution in [3.63, 3.8) is 0 Å². The van der Waals surface area contributed by atoms with Crippen LogP contribution >= 0.6 is 0 Å². The van der Waals surface area contributed by atoms with E-state index in [1.165, 1.54) is 12.4 Å². The number of nitrogens with one attached hydrogen (secondary N) is 1. The predicted molar refractivity (Wildman–Crippen MR) is 94.9 cm³/mol. The lowest BCUT2D eigenvalue weighted by molar-refractivity contribution is -0.121. The summed E-state index contributed by atoms with van der Waals surface area (Å²) in [5.74, 6) is -0.142. The van der Waals surface area contributed by atoms with Crippen molar-refractivity contribution in [1.82, 2.24) is 15.3 Å². The Kier molecular flexibility index (Phi) is 5.58. The Bertz CT molecular complexity index is 715. The molecule has 1 amide bonds. The van der Waals surface area contributed by atoms with Gasteiger partial charge in [-0.05, 0) is 49.9 Å². The van der Waals surface area contributed by atoms with E-state index in [0.29, 0.717) is 18.5 Å². The molecule has 0 spiro atoms. The third-order valence-corrected chi connectivity index (χ3v) is 4.55. The van der Waals surface area contributed by atoms with Crippen LogP contribution in [0.2, 0.25) is 0 Å². The molecule has 6 heteroatoms. The van der Waals surface area contributed by atoms with Crippen LogP contribution in [0.15, 0.2) is 36.8 Å². The molecule has 1 aliphatic heterocycles. The summed E-state index contributed by atoms with van der Waals surface area (Å²) >= 11 is 0. The summed E-state index contributed by atoms with van der Waals surface area (Å²) in [6, 6.07) is 7.16. The van der Waals surface area contributed by atoms with Crippen molar-refractivity contribution in [3.8, 4) is 0 Å². The van der Waals surface area contributed by atoms with E-state index in [1.54, 1.807) is 12.3 Å². The Morgan fingerprint density at radius 3 is 2.84 bits per heavy atom. The van der Waals surface area contributed by atoms with Crippen molar-refractivity contribution in [3.05, 3.63) is 53.9 Å². The molecular formula is C19H23FN4O. The normalized spacial score (nSPS) is 15.2. The number of hydrogen-bond donors (Lipinski definition) is 1. The van der Waals surface area contributed by atoms with Crippen LogP contribution in [0.25, 0.3) is 0 Å². The first-order chi connectivity index (χ1) is 12.1. The molecule has 0 atom stereocenters. The van der Waals surface area contributed by atoms with Crippen molar-refractivity contribution in [2.75, 3.05) is 18.0 Å². The molecule has 2 heterocycles. The molecule has 0 bridgehead atoms. The number of carbonyl (C=O) groups excluding carboxylic acids is 1. The van der Waals surface area contributed by atoms with Crippen LogP contribution in [0.1, 0.15) is 30.5 Å². The van der Waals surface area contributed by atoms with Crippen LogP contribution in [0, 0.1) is 12.7 Å². The topological polar surface area (TPSA) is 58.1 Å². The average molecular weight is 342 g/mol. The molecule has 0 saturated carbocycles. The molecule has 1 N–H and O–H groups in total. The molecule has 2 aromatic rings. The predicted octanol–water partition coefficient (Wildman–Crippen LogP) is 2.64. The zero-order valence-electron chi connectivity index (χ0n) is 14.4. The van der Waals surface area contributed by atoms with Gasteiger partial charge in [0.2, 0.25) is 5.91 Å². The van der Waals surface area contributed by atoms with Crippen molar-refractivity contribution >= 4 is 11.6 Å². The highest BCUT2D eigenvalue weighted by atomic mass is 19.1. The second kappa shape index (κ2) is 8.05. The zero-order valence-corrected chi connectivity index (χ0v) is 14.4. The monoisotopic (exact) mass is 342 g/mol. The standard InChI is InChI=1S/C19H23FN4O/c1-14-2-4-17(20)18(12-14)24-10-7-16(8-11-24)23-19(25)5-3-15-6-9-21-13-22-15/h2,4,6,9,12-13,16H,3,5,7-8,10-11H2,1H3,(H,23,25). The van der Waals surface area contributed by atoms with Gasteiger partial charge in [0.05, 0.1) is 5.69 Å². The average Bonchev–Trinajstić information content (AvgIpc) is 2.64. The quantitative estimate of drug-likeness (QED) is 0.907. The Morgan fingerprint density at radius 2 is 2.12 bits per heavy atom. The number of anilines is 1. The maximum atomic E-state index is 14.0. The Morgan fingerprint density at radius 1 is 1.32 bits per heavy atom. The van der Waals surface area contributed by atoms with Crippen LogP contribution in [0.5, 0.6) is 0 Å². The van der Waals surface area contributed by atoms with Crippen molar-refractivity contribution in [2.24, 2.45) is 0 Å². The smallest absolute Gasteiger partial charge is 0.220 e. The Labute approximate surface area is 147 Å². The summed E-state index contributed by atoms with van der Waals surface area (Å²) < 4.78 is 14.0. The minimum atomic E-state index is -0.182. The molecular weight excluding hydrogens is 319 g/mol. The first kappa shape index (κ1) is 17.3. The van der Waals surface area contributed by atoms with E-state index in [2.05, 4.69) is 20.2 Å². The summed E-state index contributed by atoms with van der Waals surface area (Å²) in [6.07, 6.45) is 5.86. The molecule has 25 heavy (non-hydrogen) atoms. The van der Waals surface area contributed by atoms with Gasteiger partial charge >= 0.3 is 0 Å². The second-order valence-corrected chi connectivity index (χ2v) is 6.48. The van der Waals surface area contributed by atoms with Gasteiger partial charge in [-0.1, -0.05) is 6.07 Å². The van der Waals surface area contributed by atoms with Crippen molar-refractivity contribution in [2.45, 2.75) is 38.6 Å². The van der Waals surface area contributed by atoms with Gasteiger partial charge in [-0.25, -0.2) is 14.4 Å². The summed E-state index contributed by atoms with van der Waals surface area (Å²) in [4.78, 5) is 22.2. The lowest BCUT2D eigenvalue weighted by Crippen LogP contribution is -2.45. The SMILES string of the molecule is Cc1ccc(F)c(N2CCC(NC(=O)CCc3ccncn3)CC2)c1. The molecule has 3 rings (SSSR count). The third kappa shape index (κ3) is 4.75. The first-order valence-electron chi connectivity index (χ1n) is 8.67. The summed E-state index contributed by atoms with van der Waals surface area (Å²) in [7, 11) is 0. The van der Waals surface area contributed by atoms with Gasteiger partial charge in [0.15, 0.2) is 0 Å². The minimum absolute atomic E-state index is 0.0406. The van der Waals surface area contributed by atoms with E-state index in [0.717, 1.165) is 37.2 Å². The molecule has 1 fully saturated rings. The Balaban J connectivity index is 1.46. The summed E-state index contributed by atoms with van der Waals surface area (Å²) in [5.41, 5.74) is 2.58. The second-order valence-electron chi connectivity index (χ2n) is 6.48. The molecule has 0 unspecified atom stereocenters. The zero-order chi connectivity index (χ0) is 17.6. The Hall–Kier alpha value is -2.50. The van der Waals surface area contributed by atoms with Gasteiger partial charge in [0, 0.05) is 37.4 Å². The summed E-state index contributed by atoms with van der Waals surface area (Å²) in [6.45, 7) is 3.46. The van der Waals surface area contributed by atoms with Crippen molar-refractivity contribution < 1.29 is 9.18 Å². The fraction of sp³-hybridized carbons (Fsp3) is 0.421. The van der Waals surface area contributed by atoms with E-state index >= 15 is 0 Å². The molecule has 0 aliphatic carbocycles. The van der Waals surface area contributed by atoms with E-state index in [9.17, 15) is 9.18 Å². The van der Waals surface area contributed by atoms with Crippen LogP contribution in [0.3, 0.4) is 0 Å². The highest BCUT2D eigenvalue weighted by Gasteiger charge is 2.22. The van der Waals surface area contributed by atoms with Crippen LogP contribution in [0.4, 0.5) is 10.1 Å². The molecule has 0 radical (unpaired) electrons. The maximum absolute atomic E-state index is 14.0. The molecule has 132 valence electrons. The lowest BCUT2D eigenvalue weighted by atomic mass is 10.0. The lowest BCUT2D eigenvalue weighted by Gasteiger charge is -2.34. The van der Waals surface area contributed by atoms with Gasteiger partial charge in [-0.2, -0.15) is 0 Å². The first-order valence-corrected chi connectivity index (χ1v) is 8.67. The van der Waals surface area contributed by atoms with E-state index in [1.807, 2.05) is 19.1 Å². The largest absolute Gasteiger partial charge is 0.369 e. The molecule has 5 nitrogen and oxygen atoms in total. The van der Waals surface area contributed by atoms with Gasteiger partial charge in [-0.3, -0.25) is 4.79 Å². The third-order valence-electron chi connectivity index (χ3n) is 4.55. The van der Waals surface area contributed by atoms with Crippen LogP contribution in [-0.2, 0) is 11.2 Å². The fourth-order valence-corrected chi connectivity index (χ4v) is 3.14. The summed E-state index contributed by atoms with van der Waals surface area (Å²) in [5, 5.41) is 3.08. The van der Waals surface area contributed by atoms with Gasteiger partial charge in [0.1, 0.15) is 12.1 Å². The van der Waals surface area contributed by atoms with Gasteiger partial charge in [0.25, 0.3) is 0 Å². The number of aryl methyl sites for hydroxylation is 2. The van der Waals surface area contributed by atoms with E-state index < -0.39 is 0 Å². The molecule has 1 aliphatic rings. The number of halogens is 1. The van der Waals surface area contributed by atoms with Crippen LogP contribution < -0.4 is 10.2 Å². The van der Waals surface area contributed by atoms with Crippen LogP contribution in [-0.4, -0.2) is 35.0 Å². The van der Waals surface area contributed by atoms with Gasteiger partial charge in [-0.15, -0.1) is 0 Å². The minimum Gasteiger partial charge on any atom is -0.369 e. The molecule has 1 aromatic carbocycles. The highest BCUT2D eigenvalue weighted by molar-refractivity contribution is 5.76.